The van der Waals surface area contributed by atoms with Crippen LogP contribution in [0.25, 0.3) is 0 Å². The third kappa shape index (κ3) is 3.65. The van der Waals surface area contributed by atoms with Gasteiger partial charge in [0.25, 0.3) is 5.91 Å². The summed E-state index contributed by atoms with van der Waals surface area (Å²) in [5.74, 6) is 0.477. The second-order valence-corrected chi connectivity index (χ2v) is 7.24. The van der Waals surface area contributed by atoms with Gasteiger partial charge >= 0.3 is 6.03 Å². The molecule has 3 aromatic rings. The van der Waals surface area contributed by atoms with Gasteiger partial charge in [-0.1, -0.05) is 36.3 Å². The van der Waals surface area contributed by atoms with Crippen LogP contribution in [0.1, 0.15) is 35.1 Å². The fraction of sp³-hybridized carbons (Fsp3) is 0.333. The lowest BCUT2D eigenvalue weighted by Crippen LogP contribution is -2.32. The maximum atomic E-state index is 12.8. The molecule has 0 atom stereocenters. The van der Waals surface area contributed by atoms with Crippen LogP contribution in [-0.2, 0) is 24.3 Å². The van der Waals surface area contributed by atoms with E-state index in [1.807, 2.05) is 38.1 Å². The summed E-state index contributed by atoms with van der Waals surface area (Å²) in [6.45, 7) is 6.74. The number of urea groups is 1. The van der Waals surface area contributed by atoms with Gasteiger partial charge in [-0.2, -0.15) is 5.10 Å². The first kappa shape index (κ1) is 18.9. The van der Waals surface area contributed by atoms with Crippen LogP contribution in [0.2, 0.25) is 0 Å². The summed E-state index contributed by atoms with van der Waals surface area (Å²) >= 11 is 0. The molecule has 150 valence electrons. The van der Waals surface area contributed by atoms with E-state index >= 15 is 0 Å². The molecule has 3 heterocycles. The molecule has 4 rings (SSSR count). The van der Waals surface area contributed by atoms with Crippen LogP contribution in [0, 0.1) is 13.8 Å². The van der Waals surface area contributed by atoms with Crippen LogP contribution in [-0.4, -0.2) is 38.3 Å². The largest absolute Gasteiger partial charge is 0.361 e. The third-order valence-corrected chi connectivity index (χ3v) is 5.22. The number of anilines is 1. The predicted molar refractivity (Wildman–Crippen MR) is 106 cm³/mol. The Bertz CT molecular complexity index is 1030. The normalized spacial score (nSPS) is 14.3. The first-order valence-electron chi connectivity index (χ1n) is 9.60. The molecule has 1 aliphatic heterocycles. The van der Waals surface area contributed by atoms with E-state index in [-0.39, 0.29) is 18.5 Å². The number of rotatable bonds is 6. The minimum Gasteiger partial charge on any atom is -0.361 e. The van der Waals surface area contributed by atoms with Crippen LogP contribution < -0.4 is 4.90 Å². The number of imide groups is 1. The molecule has 29 heavy (non-hydrogen) atoms. The summed E-state index contributed by atoms with van der Waals surface area (Å²) in [5.41, 5.74) is 4.45. The highest BCUT2D eigenvalue weighted by Crippen LogP contribution is 2.23. The molecule has 0 N–H and O–H groups in total. The van der Waals surface area contributed by atoms with Crippen LogP contribution in [0.3, 0.4) is 0 Å². The van der Waals surface area contributed by atoms with E-state index in [2.05, 4.69) is 17.2 Å². The summed E-state index contributed by atoms with van der Waals surface area (Å²) in [4.78, 5) is 28.1. The second kappa shape index (κ2) is 7.54. The quantitative estimate of drug-likeness (QED) is 0.601. The van der Waals surface area contributed by atoms with E-state index in [0.717, 1.165) is 29.0 Å². The van der Waals surface area contributed by atoms with E-state index in [9.17, 15) is 9.59 Å². The van der Waals surface area contributed by atoms with Gasteiger partial charge in [0.05, 0.1) is 24.1 Å². The van der Waals surface area contributed by atoms with Gasteiger partial charge in [-0.05, 0) is 31.4 Å². The Balaban J connectivity index is 1.48. The minimum absolute atomic E-state index is 0.0589. The zero-order valence-corrected chi connectivity index (χ0v) is 16.8. The Morgan fingerprint density at radius 1 is 1.07 bits per heavy atom. The van der Waals surface area contributed by atoms with Gasteiger partial charge in [0.1, 0.15) is 12.3 Å². The summed E-state index contributed by atoms with van der Waals surface area (Å²) in [5, 5.41) is 8.24. The molecule has 1 aromatic carbocycles. The lowest BCUT2D eigenvalue weighted by molar-refractivity contribution is -0.116. The maximum absolute atomic E-state index is 12.8. The molecule has 0 spiro atoms. The van der Waals surface area contributed by atoms with Crippen molar-refractivity contribution in [2.45, 2.75) is 40.3 Å². The Hall–Kier alpha value is -3.42. The summed E-state index contributed by atoms with van der Waals surface area (Å²) < 4.78 is 6.85. The average Bonchev–Trinajstić information content (AvgIpc) is 3.37. The van der Waals surface area contributed by atoms with Crippen molar-refractivity contribution >= 4 is 17.6 Å². The van der Waals surface area contributed by atoms with Gasteiger partial charge in [-0.3, -0.25) is 9.48 Å². The monoisotopic (exact) mass is 393 g/mol. The predicted octanol–water partition coefficient (Wildman–Crippen LogP) is 3.07. The average molecular weight is 393 g/mol. The van der Waals surface area contributed by atoms with E-state index in [4.69, 9.17) is 4.52 Å². The Labute approximate surface area is 168 Å². The zero-order chi connectivity index (χ0) is 20.5. The number of aryl methyl sites for hydroxylation is 3. The van der Waals surface area contributed by atoms with Crippen LogP contribution >= 0.6 is 0 Å². The molecule has 3 amide bonds. The smallest absolute Gasteiger partial charge is 0.332 e. The summed E-state index contributed by atoms with van der Waals surface area (Å²) in [7, 11) is 0. The number of benzene rings is 1. The Morgan fingerprint density at radius 3 is 2.45 bits per heavy atom. The van der Waals surface area contributed by atoms with Gasteiger partial charge in [0.15, 0.2) is 0 Å². The van der Waals surface area contributed by atoms with Gasteiger partial charge in [-0.25, -0.2) is 9.69 Å². The van der Waals surface area contributed by atoms with Crippen molar-refractivity contribution < 1.29 is 14.1 Å². The summed E-state index contributed by atoms with van der Waals surface area (Å²) in [6, 6.07) is 7.77. The highest BCUT2D eigenvalue weighted by molar-refractivity contribution is 6.19. The SMILES string of the molecule is CCc1ccc(CN2CC(=O)N(c3cnn(Cc4c(C)noc4C)c3)C2=O)cc1. The van der Waals surface area contributed by atoms with Crippen molar-refractivity contribution in [1.82, 2.24) is 19.8 Å². The third-order valence-electron chi connectivity index (χ3n) is 5.22. The molecule has 0 bridgehead atoms. The van der Waals surface area contributed by atoms with E-state index in [1.54, 1.807) is 15.8 Å². The second-order valence-electron chi connectivity index (χ2n) is 7.24. The lowest BCUT2D eigenvalue weighted by atomic mass is 10.1. The highest BCUT2D eigenvalue weighted by Gasteiger charge is 2.37. The number of amides is 3. The molecule has 0 saturated carbocycles. The van der Waals surface area contributed by atoms with Crippen molar-refractivity contribution in [2.75, 3.05) is 11.4 Å². The standard InChI is InChI=1S/C21H23N5O3/c1-4-16-5-7-17(8-6-16)10-24-13-20(27)26(21(24)28)18-9-22-25(11-18)12-19-14(2)23-29-15(19)3/h5-9,11H,4,10,12-13H2,1-3H3. The van der Waals surface area contributed by atoms with Gasteiger partial charge in [0.2, 0.25) is 0 Å². The lowest BCUT2D eigenvalue weighted by Gasteiger charge is -2.16. The zero-order valence-electron chi connectivity index (χ0n) is 16.8. The fourth-order valence-corrected chi connectivity index (χ4v) is 3.47. The first-order valence-corrected chi connectivity index (χ1v) is 9.60. The molecule has 1 aliphatic rings. The first-order chi connectivity index (χ1) is 14.0. The maximum Gasteiger partial charge on any atom is 0.332 e. The molecular formula is C21H23N5O3. The van der Waals surface area contributed by atoms with Crippen molar-refractivity contribution in [3.63, 3.8) is 0 Å². The van der Waals surface area contributed by atoms with Gasteiger partial charge in [-0.15, -0.1) is 0 Å². The minimum atomic E-state index is -0.327. The summed E-state index contributed by atoms with van der Waals surface area (Å²) in [6.07, 6.45) is 4.20. The molecule has 0 unspecified atom stereocenters. The molecular weight excluding hydrogens is 370 g/mol. The van der Waals surface area contributed by atoms with Gasteiger partial charge < -0.3 is 9.42 Å². The number of carbonyl (C=O) groups excluding carboxylic acids is 2. The van der Waals surface area contributed by atoms with Crippen LogP contribution in [0.15, 0.2) is 41.2 Å². The van der Waals surface area contributed by atoms with Gasteiger partial charge in [0, 0.05) is 18.3 Å². The molecule has 1 saturated heterocycles. The number of nitrogens with zero attached hydrogens (tertiary/aromatic N) is 5. The van der Waals surface area contributed by atoms with Crippen LogP contribution in [0.5, 0.6) is 0 Å². The highest BCUT2D eigenvalue weighted by atomic mass is 16.5. The Morgan fingerprint density at radius 2 is 1.79 bits per heavy atom. The fourth-order valence-electron chi connectivity index (χ4n) is 3.47. The number of aromatic nitrogens is 3. The molecule has 0 aliphatic carbocycles. The van der Waals surface area contributed by atoms with E-state index in [0.29, 0.717) is 18.8 Å². The number of hydrogen-bond acceptors (Lipinski definition) is 5. The Kier molecular flexibility index (Phi) is 4.92. The molecule has 1 fully saturated rings. The van der Waals surface area contributed by atoms with E-state index in [1.165, 1.54) is 16.7 Å². The van der Waals surface area contributed by atoms with Crippen molar-refractivity contribution in [2.24, 2.45) is 0 Å². The molecule has 0 radical (unpaired) electrons. The van der Waals surface area contributed by atoms with E-state index < -0.39 is 0 Å². The molecule has 8 nitrogen and oxygen atoms in total. The van der Waals surface area contributed by atoms with Crippen LogP contribution in [0.4, 0.5) is 10.5 Å². The van der Waals surface area contributed by atoms with Crippen molar-refractivity contribution in [3.8, 4) is 0 Å². The number of hydrogen-bond donors (Lipinski definition) is 0. The van der Waals surface area contributed by atoms with Crippen molar-refractivity contribution in [3.05, 3.63) is 64.8 Å². The number of carbonyl (C=O) groups is 2. The topological polar surface area (TPSA) is 84.5 Å². The molecule has 2 aromatic heterocycles. The molecule has 8 heteroatoms. The van der Waals surface area contributed by atoms with Crippen molar-refractivity contribution in [1.29, 1.82) is 0 Å².